The topological polar surface area (TPSA) is 71.1 Å². The molecule has 136 valence electrons. The van der Waals surface area contributed by atoms with Crippen LogP contribution in [0.4, 0.5) is 9.18 Å². The second kappa shape index (κ2) is 8.26. The van der Waals surface area contributed by atoms with Crippen LogP contribution in [0.15, 0.2) is 24.3 Å². The molecule has 0 aromatic heterocycles. The van der Waals surface area contributed by atoms with Crippen LogP contribution in [-0.2, 0) is 20.8 Å². The first-order valence-electron chi connectivity index (χ1n) is 8.39. The Morgan fingerprint density at radius 2 is 1.96 bits per heavy atom. The van der Waals surface area contributed by atoms with Crippen molar-refractivity contribution in [1.29, 1.82) is 0 Å². The van der Waals surface area contributed by atoms with Gasteiger partial charge in [0.15, 0.2) is 0 Å². The second-order valence-electron chi connectivity index (χ2n) is 6.09. The maximum absolute atomic E-state index is 13.0. The minimum absolute atomic E-state index is 0.0312. The van der Waals surface area contributed by atoms with E-state index in [9.17, 15) is 14.0 Å². The molecule has 7 nitrogen and oxygen atoms in total. The van der Waals surface area contributed by atoms with Gasteiger partial charge >= 0.3 is 6.09 Å². The average molecular weight is 351 g/mol. The molecule has 2 amide bonds. The van der Waals surface area contributed by atoms with Crippen LogP contribution in [0.2, 0.25) is 0 Å². The lowest BCUT2D eigenvalue weighted by Gasteiger charge is -2.27. The van der Waals surface area contributed by atoms with Crippen LogP contribution < -0.4 is 5.32 Å². The van der Waals surface area contributed by atoms with E-state index in [4.69, 9.17) is 9.47 Å². The molecule has 2 aliphatic rings. The van der Waals surface area contributed by atoms with Crippen LogP contribution in [-0.4, -0.2) is 73.8 Å². The molecule has 0 saturated carbocycles. The number of morpholine rings is 1. The normalized spacial score (nSPS) is 21.2. The van der Waals surface area contributed by atoms with E-state index in [1.54, 1.807) is 12.1 Å². The third-order valence-corrected chi connectivity index (χ3v) is 4.38. The molecule has 0 aliphatic carbocycles. The second-order valence-corrected chi connectivity index (χ2v) is 6.09. The Balaban J connectivity index is 1.51. The van der Waals surface area contributed by atoms with E-state index in [-0.39, 0.29) is 24.9 Å². The lowest BCUT2D eigenvalue weighted by molar-refractivity contribution is -0.125. The minimum atomic E-state index is -0.665. The van der Waals surface area contributed by atoms with Gasteiger partial charge < -0.3 is 14.8 Å². The zero-order valence-electron chi connectivity index (χ0n) is 13.9. The summed E-state index contributed by atoms with van der Waals surface area (Å²) in [5, 5.41) is 2.86. The molecule has 1 aromatic carbocycles. The van der Waals surface area contributed by atoms with Crippen molar-refractivity contribution in [1.82, 2.24) is 15.1 Å². The first-order valence-corrected chi connectivity index (χ1v) is 8.39. The van der Waals surface area contributed by atoms with Gasteiger partial charge in [0.2, 0.25) is 5.91 Å². The molecule has 1 N–H and O–H groups in total. The largest absolute Gasteiger partial charge is 0.447 e. The van der Waals surface area contributed by atoms with Crippen LogP contribution in [0, 0.1) is 5.82 Å². The van der Waals surface area contributed by atoms with Crippen molar-refractivity contribution < 1.29 is 23.5 Å². The van der Waals surface area contributed by atoms with Crippen LogP contribution in [0.1, 0.15) is 5.56 Å². The molecule has 0 spiro atoms. The van der Waals surface area contributed by atoms with E-state index in [1.807, 2.05) is 0 Å². The number of rotatable bonds is 6. The third-order valence-electron chi connectivity index (χ3n) is 4.38. The number of ether oxygens (including phenoxy) is 2. The summed E-state index contributed by atoms with van der Waals surface area (Å²) in [7, 11) is 0. The highest BCUT2D eigenvalue weighted by molar-refractivity contribution is 5.87. The monoisotopic (exact) mass is 351 g/mol. The number of nitrogens with zero attached hydrogens (tertiary/aromatic N) is 2. The number of hydrogen-bond donors (Lipinski definition) is 1. The van der Waals surface area contributed by atoms with Crippen molar-refractivity contribution in [2.45, 2.75) is 12.6 Å². The molecule has 2 aliphatic heterocycles. The summed E-state index contributed by atoms with van der Waals surface area (Å²) in [5.41, 5.74) is 0.742. The molecular weight excluding hydrogens is 329 g/mol. The van der Waals surface area contributed by atoms with Crippen molar-refractivity contribution >= 4 is 12.0 Å². The number of amides is 2. The van der Waals surface area contributed by atoms with E-state index >= 15 is 0 Å². The Morgan fingerprint density at radius 1 is 1.24 bits per heavy atom. The highest BCUT2D eigenvalue weighted by Gasteiger charge is 2.37. The fourth-order valence-electron chi connectivity index (χ4n) is 2.91. The number of benzene rings is 1. The highest BCUT2D eigenvalue weighted by Crippen LogP contribution is 2.17. The Kier molecular flexibility index (Phi) is 5.83. The van der Waals surface area contributed by atoms with Gasteiger partial charge in [-0.25, -0.2) is 9.18 Å². The Labute approximate surface area is 145 Å². The highest BCUT2D eigenvalue weighted by atomic mass is 19.1. The fourth-order valence-corrected chi connectivity index (χ4v) is 2.91. The minimum Gasteiger partial charge on any atom is -0.447 e. The average Bonchev–Trinajstić information content (AvgIpc) is 2.98. The van der Waals surface area contributed by atoms with Gasteiger partial charge in [-0.3, -0.25) is 14.6 Å². The van der Waals surface area contributed by atoms with Gasteiger partial charge in [-0.15, -0.1) is 0 Å². The van der Waals surface area contributed by atoms with E-state index < -0.39 is 12.1 Å². The summed E-state index contributed by atoms with van der Waals surface area (Å²) < 4.78 is 23.3. The Bertz CT molecular complexity index is 604. The summed E-state index contributed by atoms with van der Waals surface area (Å²) in [5.74, 6) is -0.577. The zero-order chi connectivity index (χ0) is 17.6. The van der Waals surface area contributed by atoms with Gasteiger partial charge in [-0.2, -0.15) is 0 Å². The predicted molar refractivity (Wildman–Crippen MR) is 87.3 cm³/mol. The first-order chi connectivity index (χ1) is 12.1. The van der Waals surface area contributed by atoms with Crippen molar-refractivity contribution in [2.75, 3.05) is 46.0 Å². The van der Waals surface area contributed by atoms with Gasteiger partial charge in [0, 0.05) is 26.2 Å². The lowest BCUT2D eigenvalue weighted by Crippen LogP contribution is -2.48. The van der Waals surface area contributed by atoms with E-state index in [2.05, 4.69) is 10.2 Å². The molecule has 0 bridgehead atoms. The SMILES string of the molecule is O=C(NCCN1CCOCC1)[C@@H]1COC(=O)N1Cc1ccc(F)cc1. The summed E-state index contributed by atoms with van der Waals surface area (Å²) in [6.07, 6.45) is -0.530. The number of nitrogens with one attached hydrogen (secondary N) is 1. The molecule has 0 radical (unpaired) electrons. The van der Waals surface area contributed by atoms with Gasteiger partial charge in [-0.1, -0.05) is 12.1 Å². The number of halogens is 1. The van der Waals surface area contributed by atoms with Crippen LogP contribution >= 0.6 is 0 Å². The summed E-state index contributed by atoms with van der Waals surface area (Å²) in [4.78, 5) is 27.9. The first kappa shape index (κ1) is 17.6. The molecule has 25 heavy (non-hydrogen) atoms. The smallest absolute Gasteiger partial charge is 0.410 e. The molecular formula is C17H22FN3O4. The maximum atomic E-state index is 13.0. The number of cyclic esters (lactones) is 1. The van der Waals surface area contributed by atoms with Gasteiger partial charge in [0.1, 0.15) is 18.5 Å². The Hall–Kier alpha value is -2.19. The third kappa shape index (κ3) is 4.67. The van der Waals surface area contributed by atoms with Gasteiger partial charge in [0.25, 0.3) is 0 Å². The van der Waals surface area contributed by atoms with Crippen molar-refractivity contribution in [2.24, 2.45) is 0 Å². The molecule has 3 rings (SSSR count). The van der Waals surface area contributed by atoms with E-state index in [0.29, 0.717) is 19.8 Å². The molecule has 8 heteroatoms. The molecule has 1 atom stereocenters. The number of carbonyl (C=O) groups excluding carboxylic acids is 2. The van der Waals surface area contributed by atoms with Gasteiger partial charge in [-0.05, 0) is 17.7 Å². The van der Waals surface area contributed by atoms with Crippen molar-refractivity contribution in [3.8, 4) is 0 Å². The van der Waals surface area contributed by atoms with Gasteiger partial charge in [0.05, 0.1) is 19.8 Å². The van der Waals surface area contributed by atoms with Crippen LogP contribution in [0.25, 0.3) is 0 Å². The Morgan fingerprint density at radius 3 is 2.68 bits per heavy atom. The molecule has 0 unspecified atom stereocenters. The van der Waals surface area contributed by atoms with E-state index in [1.165, 1.54) is 17.0 Å². The van der Waals surface area contributed by atoms with Crippen molar-refractivity contribution in [3.05, 3.63) is 35.6 Å². The molecule has 2 heterocycles. The molecule has 2 fully saturated rings. The fraction of sp³-hybridized carbons (Fsp3) is 0.529. The summed E-state index contributed by atoms with van der Waals surface area (Å²) in [6.45, 7) is 4.64. The lowest BCUT2D eigenvalue weighted by atomic mass is 10.2. The standard InChI is InChI=1S/C17H22FN3O4/c18-14-3-1-13(2-4-14)11-21-15(12-25-17(21)23)16(22)19-5-6-20-7-9-24-10-8-20/h1-4,15H,5-12H2,(H,19,22)/t15-/m0/s1. The summed E-state index contributed by atoms with van der Waals surface area (Å²) in [6, 6.07) is 5.17. The number of carbonyl (C=O) groups is 2. The van der Waals surface area contributed by atoms with Crippen molar-refractivity contribution in [3.63, 3.8) is 0 Å². The zero-order valence-corrected chi connectivity index (χ0v) is 13.9. The quantitative estimate of drug-likeness (QED) is 0.813. The van der Waals surface area contributed by atoms with Crippen LogP contribution in [0.5, 0.6) is 0 Å². The summed E-state index contributed by atoms with van der Waals surface area (Å²) >= 11 is 0. The molecule has 2 saturated heterocycles. The maximum Gasteiger partial charge on any atom is 0.410 e. The number of hydrogen-bond acceptors (Lipinski definition) is 5. The molecule has 1 aromatic rings. The predicted octanol–water partition coefficient (Wildman–Crippen LogP) is 0.595. The van der Waals surface area contributed by atoms with Crippen LogP contribution in [0.3, 0.4) is 0 Å². The van der Waals surface area contributed by atoms with E-state index in [0.717, 1.165) is 25.2 Å².